The molecule has 2 rings (SSSR count). The molecule has 0 atom stereocenters. The number of hydrogen-bond donors (Lipinski definition) is 1. The quantitative estimate of drug-likeness (QED) is 0.797. The van der Waals surface area contributed by atoms with E-state index in [4.69, 9.17) is 0 Å². The Balaban J connectivity index is 1.85. The average Bonchev–Trinajstić information content (AvgIpc) is 2.77. The molecular weight excluding hydrogens is 318 g/mol. The highest BCUT2D eigenvalue weighted by Gasteiger charge is 2.21. The molecule has 25 heavy (non-hydrogen) atoms. The number of aromatic nitrogens is 2. The van der Waals surface area contributed by atoms with Crippen LogP contribution in [0, 0.1) is 13.8 Å². The molecule has 0 aromatic carbocycles. The summed E-state index contributed by atoms with van der Waals surface area (Å²) in [4.78, 5) is 28.1. The van der Waals surface area contributed by atoms with E-state index in [2.05, 4.69) is 15.3 Å². The molecule has 0 aliphatic carbocycles. The van der Waals surface area contributed by atoms with Crippen LogP contribution in [0.5, 0.6) is 0 Å². The number of carbonyl (C=O) groups excluding carboxylic acids is 2. The van der Waals surface area contributed by atoms with Crippen molar-refractivity contribution < 1.29 is 9.59 Å². The van der Waals surface area contributed by atoms with E-state index in [1.807, 2.05) is 50.4 Å². The maximum Gasteiger partial charge on any atom is 0.246 e. The van der Waals surface area contributed by atoms with Crippen molar-refractivity contribution in [1.29, 1.82) is 0 Å². The van der Waals surface area contributed by atoms with Gasteiger partial charge in [-0.05, 0) is 33.8 Å². The Bertz CT molecular complexity index is 655. The zero-order valence-electron chi connectivity index (χ0n) is 15.9. The molecular formula is C18H29N5O2. The lowest BCUT2D eigenvalue weighted by atomic mass is 10.2. The van der Waals surface area contributed by atoms with E-state index in [1.165, 1.54) is 0 Å². The van der Waals surface area contributed by atoms with Crippen LogP contribution >= 0.6 is 0 Å². The molecule has 0 spiro atoms. The molecule has 1 aromatic rings. The van der Waals surface area contributed by atoms with E-state index >= 15 is 0 Å². The molecule has 1 fully saturated rings. The third-order valence-corrected chi connectivity index (χ3v) is 4.46. The fourth-order valence-corrected chi connectivity index (χ4v) is 2.99. The zero-order chi connectivity index (χ0) is 18.6. The summed E-state index contributed by atoms with van der Waals surface area (Å²) in [5, 5.41) is 7.25. The molecule has 2 heterocycles. The van der Waals surface area contributed by atoms with Gasteiger partial charge in [-0.3, -0.25) is 19.2 Å². The minimum Gasteiger partial charge on any atom is -0.353 e. The van der Waals surface area contributed by atoms with Gasteiger partial charge in [-0.25, -0.2) is 0 Å². The molecule has 1 N–H and O–H groups in total. The predicted molar refractivity (Wildman–Crippen MR) is 98.0 cm³/mol. The lowest BCUT2D eigenvalue weighted by Crippen LogP contribution is -2.51. The average molecular weight is 347 g/mol. The van der Waals surface area contributed by atoms with E-state index < -0.39 is 0 Å². The van der Waals surface area contributed by atoms with Gasteiger partial charge in [-0.1, -0.05) is 0 Å². The molecule has 7 heteroatoms. The van der Waals surface area contributed by atoms with Crippen LogP contribution in [0.3, 0.4) is 0 Å². The molecule has 1 aliphatic rings. The zero-order valence-corrected chi connectivity index (χ0v) is 15.9. The summed E-state index contributed by atoms with van der Waals surface area (Å²) in [6.07, 6.45) is 3.47. The van der Waals surface area contributed by atoms with Crippen molar-refractivity contribution in [1.82, 2.24) is 24.9 Å². The van der Waals surface area contributed by atoms with Gasteiger partial charge in [0.15, 0.2) is 0 Å². The first-order valence-electron chi connectivity index (χ1n) is 8.77. The van der Waals surface area contributed by atoms with Crippen LogP contribution in [0.25, 0.3) is 6.08 Å². The Labute approximate surface area is 149 Å². The Hall–Kier alpha value is -2.15. The summed E-state index contributed by atoms with van der Waals surface area (Å²) in [7, 11) is 1.90. The largest absolute Gasteiger partial charge is 0.353 e. The van der Waals surface area contributed by atoms with Crippen molar-refractivity contribution >= 4 is 17.9 Å². The van der Waals surface area contributed by atoms with Gasteiger partial charge in [0.25, 0.3) is 0 Å². The Morgan fingerprint density at radius 2 is 1.84 bits per heavy atom. The smallest absolute Gasteiger partial charge is 0.246 e. The van der Waals surface area contributed by atoms with E-state index in [-0.39, 0.29) is 17.9 Å². The van der Waals surface area contributed by atoms with Crippen LogP contribution in [0.2, 0.25) is 0 Å². The first-order valence-corrected chi connectivity index (χ1v) is 8.77. The van der Waals surface area contributed by atoms with Gasteiger partial charge < -0.3 is 10.2 Å². The highest BCUT2D eigenvalue weighted by Crippen LogP contribution is 2.14. The molecule has 2 amide bonds. The van der Waals surface area contributed by atoms with Crippen LogP contribution in [0.1, 0.15) is 30.8 Å². The highest BCUT2D eigenvalue weighted by atomic mass is 16.2. The monoisotopic (exact) mass is 347 g/mol. The second-order valence-electron chi connectivity index (χ2n) is 6.87. The van der Waals surface area contributed by atoms with Gasteiger partial charge in [0.2, 0.25) is 11.8 Å². The molecule has 0 radical (unpaired) electrons. The topological polar surface area (TPSA) is 70.5 Å². The van der Waals surface area contributed by atoms with Crippen LogP contribution in [0.4, 0.5) is 0 Å². The molecule has 1 aromatic heterocycles. The minimum absolute atomic E-state index is 0.00827. The van der Waals surface area contributed by atoms with Crippen LogP contribution in [-0.2, 0) is 16.6 Å². The maximum absolute atomic E-state index is 12.4. The Morgan fingerprint density at radius 3 is 2.36 bits per heavy atom. The summed E-state index contributed by atoms with van der Waals surface area (Å²) < 4.78 is 1.82. The number of nitrogens with one attached hydrogen (secondary N) is 1. The second-order valence-corrected chi connectivity index (χ2v) is 6.87. The van der Waals surface area contributed by atoms with Crippen molar-refractivity contribution in [2.75, 3.05) is 32.7 Å². The maximum atomic E-state index is 12.4. The number of piperazine rings is 1. The summed E-state index contributed by atoms with van der Waals surface area (Å²) in [6.45, 7) is 10.9. The number of amides is 2. The molecule has 0 saturated carbocycles. The van der Waals surface area contributed by atoms with E-state index in [0.29, 0.717) is 19.6 Å². The van der Waals surface area contributed by atoms with Gasteiger partial charge in [0.05, 0.1) is 12.2 Å². The summed E-state index contributed by atoms with van der Waals surface area (Å²) in [5.41, 5.74) is 2.97. The second kappa shape index (κ2) is 8.29. The van der Waals surface area contributed by atoms with Crippen molar-refractivity contribution in [3.05, 3.63) is 23.0 Å². The van der Waals surface area contributed by atoms with Crippen molar-refractivity contribution in [3.63, 3.8) is 0 Å². The Morgan fingerprint density at radius 1 is 1.20 bits per heavy atom. The number of carbonyl (C=O) groups is 2. The van der Waals surface area contributed by atoms with Gasteiger partial charge >= 0.3 is 0 Å². The van der Waals surface area contributed by atoms with E-state index in [1.54, 1.807) is 6.08 Å². The van der Waals surface area contributed by atoms with Crippen molar-refractivity contribution in [2.45, 2.75) is 33.7 Å². The lowest BCUT2D eigenvalue weighted by molar-refractivity contribution is -0.128. The van der Waals surface area contributed by atoms with E-state index in [9.17, 15) is 9.59 Å². The van der Waals surface area contributed by atoms with Crippen molar-refractivity contribution in [3.8, 4) is 0 Å². The van der Waals surface area contributed by atoms with Crippen LogP contribution < -0.4 is 5.32 Å². The third-order valence-electron chi connectivity index (χ3n) is 4.46. The number of rotatable bonds is 5. The van der Waals surface area contributed by atoms with Gasteiger partial charge in [0.1, 0.15) is 0 Å². The lowest BCUT2D eigenvalue weighted by Gasteiger charge is -2.33. The molecule has 0 bridgehead atoms. The number of nitrogens with zero attached hydrogens (tertiary/aromatic N) is 4. The van der Waals surface area contributed by atoms with Crippen LogP contribution in [-0.4, -0.2) is 70.2 Å². The summed E-state index contributed by atoms with van der Waals surface area (Å²) in [5.74, 6) is 0.0473. The first kappa shape index (κ1) is 19.2. The SMILES string of the molecule is Cc1nn(C)c(C)c1/C=C/C(=O)N1CCN(CC(=O)NC(C)C)CC1. The molecule has 1 saturated heterocycles. The predicted octanol–water partition coefficient (Wildman–Crippen LogP) is 0.719. The number of hydrogen-bond acceptors (Lipinski definition) is 4. The third kappa shape index (κ3) is 5.16. The normalized spacial score (nSPS) is 16.0. The first-order chi connectivity index (χ1) is 11.8. The summed E-state index contributed by atoms with van der Waals surface area (Å²) in [6, 6.07) is 0.153. The molecule has 0 unspecified atom stereocenters. The molecule has 138 valence electrons. The molecule has 7 nitrogen and oxygen atoms in total. The van der Waals surface area contributed by atoms with E-state index in [0.717, 1.165) is 30.0 Å². The minimum atomic E-state index is 0.00827. The fourth-order valence-electron chi connectivity index (χ4n) is 2.99. The Kier molecular flexibility index (Phi) is 6.36. The molecule has 1 aliphatic heterocycles. The standard InChI is InChI=1S/C18H29N5O2/c1-13(2)19-17(24)12-22-8-10-23(11-9-22)18(25)7-6-16-14(3)20-21(5)15(16)4/h6-7,13H,8-12H2,1-5H3,(H,19,24)/b7-6+. The van der Waals surface area contributed by atoms with Gasteiger partial charge in [-0.2, -0.15) is 5.10 Å². The number of aryl methyl sites for hydroxylation is 2. The van der Waals surface area contributed by atoms with Gasteiger partial charge in [-0.15, -0.1) is 0 Å². The van der Waals surface area contributed by atoms with Gasteiger partial charge in [0, 0.05) is 56.6 Å². The summed E-state index contributed by atoms with van der Waals surface area (Å²) >= 11 is 0. The fraction of sp³-hybridized carbons (Fsp3) is 0.611. The van der Waals surface area contributed by atoms with Crippen LogP contribution in [0.15, 0.2) is 6.08 Å². The highest BCUT2D eigenvalue weighted by molar-refractivity contribution is 5.92. The van der Waals surface area contributed by atoms with Crippen molar-refractivity contribution in [2.24, 2.45) is 7.05 Å².